The molecule has 1 amide bonds. The zero-order valence-electron chi connectivity index (χ0n) is 11.2. The van der Waals surface area contributed by atoms with Gasteiger partial charge >= 0.3 is 0 Å². The number of carbonyl (C=O) groups excluding carboxylic acids is 1. The van der Waals surface area contributed by atoms with Crippen LogP contribution in [0.15, 0.2) is 24.3 Å². The molecule has 1 aromatic rings. The monoisotopic (exact) mass is 265 g/mol. The molecule has 2 rings (SSSR count). The summed E-state index contributed by atoms with van der Waals surface area (Å²) in [5, 5.41) is 2.88. The van der Waals surface area contributed by atoms with Gasteiger partial charge in [0, 0.05) is 25.7 Å². The molecule has 1 N–H and O–H groups in total. The van der Waals surface area contributed by atoms with E-state index in [-0.39, 0.29) is 17.6 Å². The first-order chi connectivity index (χ1) is 9.16. The van der Waals surface area contributed by atoms with Crippen LogP contribution in [0.1, 0.15) is 25.3 Å². The highest BCUT2D eigenvalue weighted by Gasteiger charge is 2.25. The van der Waals surface area contributed by atoms with Crippen molar-refractivity contribution < 1.29 is 13.9 Å². The maximum Gasteiger partial charge on any atom is 0.223 e. The topological polar surface area (TPSA) is 38.3 Å². The van der Waals surface area contributed by atoms with Gasteiger partial charge in [0.2, 0.25) is 5.91 Å². The first kappa shape index (κ1) is 14.0. The Labute approximate surface area is 113 Å². The van der Waals surface area contributed by atoms with Gasteiger partial charge in [-0.1, -0.05) is 19.1 Å². The summed E-state index contributed by atoms with van der Waals surface area (Å²) >= 11 is 0. The van der Waals surface area contributed by atoms with E-state index >= 15 is 0 Å². The Hall–Kier alpha value is -1.42. The average molecular weight is 265 g/mol. The van der Waals surface area contributed by atoms with Crippen molar-refractivity contribution in [3.05, 3.63) is 35.6 Å². The minimum Gasteiger partial charge on any atom is -0.381 e. The summed E-state index contributed by atoms with van der Waals surface area (Å²) in [7, 11) is 0. The lowest BCUT2D eigenvalue weighted by atomic mass is 9.87. The summed E-state index contributed by atoms with van der Waals surface area (Å²) in [5.74, 6) is 0.138. The fourth-order valence-electron chi connectivity index (χ4n) is 2.43. The number of rotatable bonds is 4. The van der Waals surface area contributed by atoms with Crippen molar-refractivity contribution in [2.45, 2.75) is 26.3 Å². The number of hydrogen-bond acceptors (Lipinski definition) is 2. The van der Waals surface area contributed by atoms with Crippen molar-refractivity contribution in [1.82, 2.24) is 5.32 Å². The highest BCUT2D eigenvalue weighted by Crippen LogP contribution is 2.23. The van der Waals surface area contributed by atoms with Gasteiger partial charge in [0.15, 0.2) is 0 Å². The number of carbonyl (C=O) groups is 1. The zero-order valence-corrected chi connectivity index (χ0v) is 11.2. The second kappa shape index (κ2) is 6.66. The largest absolute Gasteiger partial charge is 0.381 e. The fraction of sp³-hybridized carbons (Fsp3) is 0.533. The third kappa shape index (κ3) is 4.03. The van der Waals surface area contributed by atoms with E-state index in [0.29, 0.717) is 12.5 Å². The number of benzene rings is 1. The minimum absolute atomic E-state index is 0.0162. The molecule has 1 fully saturated rings. The molecule has 0 bridgehead atoms. The summed E-state index contributed by atoms with van der Waals surface area (Å²) in [4.78, 5) is 12.1. The van der Waals surface area contributed by atoms with Gasteiger partial charge in [0.25, 0.3) is 0 Å². The lowest BCUT2D eigenvalue weighted by Gasteiger charge is -2.26. The summed E-state index contributed by atoms with van der Waals surface area (Å²) in [5.41, 5.74) is 0.785. The van der Waals surface area contributed by atoms with Crippen LogP contribution >= 0.6 is 0 Å². The van der Waals surface area contributed by atoms with Gasteiger partial charge in [-0.05, 0) is 36.5 Å². The number of halogens is 1. The quantitative estimate of drug-likeness (QED) is 0.908. The van der Waals surface area contributed by atoms with Gasteiger partial charge in [-0.2, -0.15) is 0 Å². The van der Waals surface area contributed by atoms with E-state index in [0.717, 1.165) is 31.6 Å². The smallest absolute Gasteiger partial charge is 0.223 e. The summed E-state index contributed by atoms with van der Waals surface area (Å²) < 4.78 is 18.3. The van der Waals surface area contributed by atoms with Crippen LogP contribution in [0.5, 0.6) is 0 Å². The Morgan fingerprint density at radius 2 is 2.21 bits per heavy atom. The van der Waals surface area contributed by atoms with Crippen molar-refractivity contribution >= 4 is 5.91 Å². The molecule has 1 aliphatic heterocycles. The molecule has 1 saturated heterocycles. The molecule has 104 valence electrons. The van der Waals surface area contributed by atoms with E-state index in [1.807, 2.05) is 13.0 Å². The number of ether oxygens (including phenoxy) is 1. The van der Waals surface area contributed by atoms with Gasteiger partial charge in [0.1, 0.15) is 5.82 Å². The van der Waals surface area contributed by atoms with E-state index in [4.69, 9.17) is 4.74 Å². The number of amides is 1. The predicted octanol–water partition coefficient (Wildman–Crippen LogP) is 2.50. The van der Waals surface area contributed by atoms with Crippen LogP contribution in [0.3, 0.4) is 0 Å². The predicted molar refractivity (Wildman–Crippen MR) is 71.0 cm³/mol. The molecule has 0 spiro atoms. The van der Waals surface area contributed by atoms with E-state index in [2.05, 4.69) is 5.32 Å². The molecule has 3 nitrogen and oxygen atoms in total. The Balaban J connectivity index is 1.83. The highest BCUT2D eigenvalue weighted by molar-refractivity contribution is 5.78. The summed E-state index contributed by atoms with van der Waals surface area (Å²) in [6, 6.07) is 6.30. The lowest BCUT2D eigenvalue weighted by Crippen LogP contribution is -2.35. The van der Waals surface area contributed by atoms with Gasteiger partial charge in [-0.25, -0.2) is 4.39 Å². The Bertz CT molecular complexity index is 430. The van der Waals surface area contributed by atoms with E-state index in [1.165, 1.54) is 12.1 Å². The standard InChI is InChI=1S/C15H20FNO2/c1-11(13-5-7-19-8-6-13)15(18)17-10-12-3-2-4-14(16)9-12/h2-4,9,11,13H,5-8,10H2,1H3,(H,17,18). The Morgan fingerprint density at radius 1 is 1.47 bits per heavy atom. The average Bonchev–Trinajstić information content (AvgIpc) is 2.45. The normalized spacial score (nSPS) is 18.0. The molecule has 0 saturated carbocycles. The van der Waals surface area contributed by atoms with Crippen LogP contribution in [0.2, 0.25) is 0 Å². The maximum absolute atomic E-state index is 13.0. The number of hydrogen-bond donors (Lipinski definition) is 1. The van der Waals surface area contributed by atoms with Crippen LogP contribution in [-0.2, 0) is 16.1 Å². The highest BCUT2D eigenvalue weighted by atomic mass is 19.1. The first-order valence-electron chi connectivity index (χ1n) is 6.76. The number of nitrogens with one attached hydrogen (secondary N) is 1. The molecular weight excluding hydrogens is 245 g/mol. The molecule has 1 unspecified atom stereocenters. The molecule has 1 heterocycles. The van der Waals surface area contributed by atoms with E-state index < -0.39 is 0 Å². The van der Waals surface area contributed by atoms with Gasteiger partial charge in [0.05, 0.1) is 0 Å². The van der Waals surface area contributed by atoms with Crippen molar-refractivity contribution in [2.24, 2.45) is 11.8 Å². The molecule has 0 aliphatic carbocycles. The molecular formula is C15H20FNO2. The third-order valence-corrected chi connectivity index (χ3v) is 3.74. The fourth-order valence-corrected chi connectivity index (χ4v) is 2.43. The van der Waals surface area contributed by atoms with Crippen LogP contribution in [0, 0.1) is 17.7 Å². The second-order valence-electron chi connectivity index (χ2n) is 5.09. The van der Waals surface area contributed by atoms with Gasteiger partial charge < -0.3 is 10.1 Å². The van der Waals surface area contributed by atoms with Crippen molar-refractivity contribution in [1.29, 1.82) is 0 Å². The Morgan fingerprint density at radius 3 is 2.89 bits per heavy atom. The van der Waals surface area contributed by atoms with E-state index in [1.54, 1.807) is 6.07 Å². The van der Waals surface area contributed by atoms with Crippen LogP contribution in [0.25, 0.3) is 0 Å². The van der Waals surface area contributed by atoms with Crippen LogP contribution in [0.4, 0.5) is 4.39 Å². The van der Waals surface area contributed by atoms with Crippen molar-refractivity contribution in [3.8, 4) is 0 Å². The molecule has 1 aliphatic rings. The van der Waals surface area contributed by atoms with Gasteiger partial charge in [-0.15, -0.1) is 0 Å². The third-order valence-electron chi connectivity index (χ3n) is 3.74. The molecule has 1 atom stereocenters. The molecule has 19 heavy (non-hydrogen) atoms. The van der Waals surface area contributed by atoms with Crippen molar-refractivity contribution in [3.63, 3.8) is 0 Å². The lowest BCUT2D eigenvalue weighted by molar-refractivity contribution is -0.127. The van der Waals surface area contributed by atoms with E-state index in [9.17, 15) is 9.18 Å². The van der Waals surface area contributed by atoms with Crippen LogP contribution in [-0.4, -0.2) is 19.1 Å². The first-order valence-corrected chi connectivity index (χ1v) is 6.76. The molecule has 0 aromatic heterocycles. The SMILES string of the molecule is CC(C(=O)NCc1cccc(F)c1)C1CCOCC1. The molecule has 0 radical (unpaired) electrons. The summed E-state index contributed by atoms with van der Waals surface area (Å²) in [6.07, 6.45) is 1.88. The second-order valence-corrected chi connectivity index (χ2v) is 5.09. The van der Waals surface area contributed by atoms with Gasteiger partial charge in [-0.3, -0.25) is 4.79 Å². The van der Waals surface area contributed by atoms with Crippen molar-refractivity contribution in [2.75, 3.05) is 13.2 Å². The minimum atomic E-state index is -0.274. The summed E-state index contributed by atoms with van der Waals surface area (Å²) in [6.45, 7) is 3.82. The maximum atomic E-state index is 13.0. The molecule has 1 aromatic carbocycles. The zero-order chi connectivity index (χ0) is 13.7. The molecule has 4 heteroatoms. The van der Waals surface area contributed by atoms with Crippen LogP contribution < -0.4 is 5.32 Å². The Kier molecular flexibility index (Phi) is 4.91.